The molecule has 8 nitrogen and oxygen atoms in total. The predicted molar refractivity (Wildman–Crippen MR) is 183 cm³/mol. The van der Waals surface area contributed by atoms with E-state index in [0.29, 0.717) is 12.8 Å². The van der Waals surface area contributed by atoms with Gasteiger partial charge in [0.1, 0.15) is 18.2 Å². The van der Waals surface area contributed by atoms with Crippen molar-refractivity contribution in [3.05, 3.63) is 131 Å². The van der Waals surface area contributed by atoms with E-state index in [0.717, 1.165) is 33.4 Å². The Bertz CT molecular complexity index is 1620. The maximum absolute atomic E-state index is 14.4. The van der Waals surface area contributed by atoms with Gasteiger partial charge in [0, 0.05) is 12.5 Å². The van der Waals surface area contributed by atoms with Crippen LogP contribution in [0.5, 0.6) is 0 Å². The average Bonchev–Trinajstić information content (AvgIpc) is 3.38. The second kappa shape index (κ2) is 15.0. The third kappa shape index (κ3) is 8.38. The molecule has 4 aromatic carbocycles. The molecule has 0 radical (unpaired) electrons. The van der Waals surface area contributed by atoms with Crippen molar-refractivity contribution in [2.75, 3.05) is 13.2 Å². The molecular formula is C39H43N3O5. The van der Waals surface area contributed by atoms with Crippen LogP contribution in [0.4, 0.5) is 9.59 Å². The van der Waals surface area contributed by atoms with Gasteiger partial charge in [-0.25, -0.2) is 9.59 Å². The quantitative estimate of drug-likeness (QED) is 0.158. The van der Waals surface area contributed by atoms with E-state index in [1.165, 1.54) is 4.90 Å². The normalized spacial score (nSPS) is 13.5. The molecule has 3 N–H and O–H groups in total. The number of amides is 3. The van der Waals surface area contributed by atoms with Crippen LogP contribution in [0.25, 0.3) is 11.1 Å². The van der Waals surface area contributed by atoms with E-state index in [2.05, 4.69) is 29.6 Å². The van der Waals surface area contributed by atoms with Gasteiger partial charge in [0.15, 0.2) is 0 Å². The van der Waals surface area contributed by atoms with Crippen LogP contribution in [0.1, 0.15) is 67.8 Å². The highest BCUT2D eigenvalue weighted by Crippen LogP contribution is 2.44. The van der Waals surface area contributed by atoms with Crippen LogP contribution >= 0.6 is 0 Å². The van der Waals surface area contributed by atoms with Crippen LogP contribution in [-0.4, -0.2) is 47.8 Å². The lowest BCUT2D eigenvalue weighted by molar-refractivity contribution is -0.124. The first kappa shape index (κ1) is 33.3. The van der Waals surface area contributed by atoms with Crippen LogP contribution in [0.3, 0.4) is 0 Å². The van der Waals surface area contributed by atoms with Gasteiger partial charge in [0.05, 0.1) is 6.04 Å². The number of alkyl carbamates (subject to hydrolysis) is 1. The minimum atomic E-state index is -1.000. The maximum atomic E-state index is 14.4. The van der Waals surface area contributed by atoms with Gasteiger partial charge in [0.2, 0.25) is 5.91 Å². The molecule has 0 heterocycles. The van der Waals surface area contributed by atoms with Crippen molar-refractivity contribution in [2.45, 2.75) is 63.6 Å². The molecule has 1 aliphatic carbocycles. The van der Waals surface area contributed by atoms with Crippen molar-refractivity contribution < 1.29 is 23.9 Å². The van der Waals surface area contributed by atoms with E-state index in [1.54, 1.807) is 20.8 Å². The fourth-order valence-corrected chi connectivity index (χ4v) is 6.25. The van der Waals surface area contributed by atoms with Crippen molar-refractivity contribution in [2.24, 2.45) is 5.73 Å². The lowest BCUT2D eigenvalue weighted by Crippen LogP contribution is -2.50. The molecule has 0 aliphatic heterocycles. The first-order valence-corrected chi connectivity index (χ1v) is 16.1. The lowest BCUT2D eigenvalue weighted by Gasteiger charge is -2.37. The van der Waals surface area contributed by atoms with Crippen molar-refractivity contribution in [3.8, 4) is 11.1 Å². The molecule has 2 atom stereocenters. The smallest absolute Gasteiger partial charge is 0.411 e. The molecule has 0 fully saturated rings. The molecule has 0 saturated carbocycles. The highest BCUT2D eigenvalue weighted by atomic mass is 16.6. The Morgan fingerprint density at radius 2 is 1.36 bits per heavy atom. The zero-order chi connectivity index (χ0) is 33.4. The van der Waals surface area contributed by atoms with Gasteiger partial charge in [-0.2, -0.15) is 0 Å². The van der Waals surface area contributed by atoms with Crippen molar-refractivity contribution in [1.29, 1.82) is 0 Å². The third-order valence-corrected chi connectivity index (χ3v) is 8.33. The highest BCUT2D eigenvalue weighted by molar-refractivity contribution is 5.85. The van der Waals surface area contributed by atoms with E-state index in [4.69, 9.17) is 15.2 Å². The Kier molecular flexibility index (Phi) is 10.6. The molecule has 4 aromatic rings. The first-order chi connectivity index (χ1) is 22.6. The summed E-state index contributed by atoms with van der Waals surface area (Å²) < 4.78 is 11.5. The molecular weight excluding hydrogens is 590 g/mol. The van der Waals surface area contributed by atoms with E-state index in [1.807, 2.05) is 84.9 Å². The first-order valence-electron chi connectivity index (χ1n) is 16.1. The second-order valence-electron chi connectivity index (χ2n) is 12.8. The molecule has 5 rings (SSSR count). The molecule has 8 heteroatoms. The zero-order valence-electron chi connectivity index (χ0n) is 27.2. The summed E-state index contributed by atoms with van der Waals surface area (Å²) in [6.07, 6.45) is -0.136. The van der Waals surface area contributed by atoms with Crippen molar-refractivity contribution in [3.63, 3.8) is 0 Å². The molecule has 244 valence electrons. The van der Waals surface area contributed by atoms with Gasteiger partial charge < -0.3 is 20.5 Å². The van der Waals surface area contributed by atoms with Crippen molar-refractivity contribution in [1.82, 2.24) is 10.2 Å². The number of benzene rings is 4. The third-order valence-electron chi connectivity index (χ3n) is 8.33. The summed E-state index contributed by atoms with van der Waals surface area (Å²) in [5, 5.41) is 2.74. The zero-order valence-corrected chi connectivity index (χ0v) is 27.2. The Morgan fingerprint density at radius 3 is 1.94 bits per heavy atom. The lowest BCUT2D eigenvalue weighted by atomic mass is 9.95. The summed E-state index contributed by atoms with van der Waals surface area (Å²) in [4.78, 5) is 41.3. The summed E-state index contributed by atoms with van der Waals surface area (Å²) in [5.41, 5.74) is 11.7. The van der Waals surface area contributed by atoms with Gasteiger partial charge >= 0.3 is 12.2 Å². The minimum absolute atomic E-state index is 0.0991. The number of hydrogen-bond donors (Lipinski definition) is 2. The largest absolute Gasteiger partial charge is 0.448 e. The SMILES string of the molecule is CC(C)(C)OC(=O)NCCC[C@@H](C(N)=O)N(C(=O)OCC1c2ccccc2-c2ccccc21)C(Cc1ccccc1)c1ccccc1. The molecule has 0 aromatic heterocycles. The monoisotopic (exact) mass is 633 g/mol. The number of hydrogen-bond acceptors (Lipinski definition) is 5. The van der Waals surface area contributed by atoms with Gasteiger partial charge in [-0.05, 0) is 73.4 Å². The standard InChI is InChI=1S/C39H43N3O5/c1-39(2,3)47-37(44)41-24-14-23-34(36(40)43)42(35(28-17-8-5-9-18-28)25-27-15-6-4-7-16-27)38(45)46-26-33-31-21-12-10-19-29(31)30-20-11-13-22-32(30)33/h4-13,15-22,33-35H,14,23-26H2,1-3H3,(H2,40,43)(H,41,44)/t34-,35?/m0/s1. The Hall–Kier alpha value is -5.11. The van der Waals surface area contributed by atoms with Gasteiger partial charge in [-0.1, -0.05) is 109 Å². The topological polar surface area (TPSA) is 111 Å². The molecule has 3 amide bonds. The fraction of sp³-hybridized carbons (Fsp3) is 0.308. The summed E-state index contributed by atoms with van der Waals surface area (Å²) in [5.74, 6) is -0.799. The number of nitrogens with two attached hydrogens (primary N) is 1. The number of rotatable bonds is 12. The van der Waals surface area contributed by atoms with Crippen LogP contribution in [-0.2, 0) is 20.7 Å². The van der Waals surface area contributed by atoms with Gasteiger partial charge in [0.25, 0.3) is 0 Å². The average molecular weight is 634 g/mol. The van der Waals surface area contributed by atoms with Crippen LogP contribution in [0, 0.1) is 0 Å². The van der Waals surface area contributed by atoms with Gasteiger partial charge in [-0.3, -0.25) is 9.69 Å². The Morgan fingerprint density at radius 1 is 0.809 bits per heavy atom. The summed E-state index contributed by atoms with van der Waals surface area (Å²) in [6, 6.07) is 34.2. The number of carbonyl (C=O) groups excluding carboxylic acids is 3. The van der Waals surface area contributed by atoms with Crippen LogP contribution < -0.4 is 11.1 Å². The van der Waals surface area contributed by atoms with E-state index < -0.39 is 35.8 Å². The van der Waals surface area contributed by atoms with E-state index >= 15 is 0 Å². The maximum Gasteiger partial charge on any atom is 0.411 e. The second-order valence-corrected chi connectivity index (χ2v) is 12.8. The molecule has 47 heavy (non-hydrogen) atoms. The molecule has 0 spiro atoms. The number of nitrogens with zero attached hydrogens (tertiary/aromatic N) is 1. The number of fused-ring (bicyclic) bond motifs is 3. The molecule has 1 unspecified atom stereocenters. The summed E-state index contributed by atoms with van der Waals surface area (Å²) in [7, 11) is 0. The number of carbonyl (C=O) groups is 3. The summed E-state index contributed by atoms with van der Waals surface area (Å²) in [6.45, 7) is 5.71. The van der Waals surface area contributed by atoms with Crippen LogP contribution in [0.15, 0.2) is 109 Å². The fourth-order valence-electron chi connectivity index (χ4n) is 6.25. The predicted octanol–water partition coefficient (Wildman–Crippen LogP) is 7.38. The molecule has 0 bridgehead atoms. The van der Waals surface area contributed by atoms with E-state index in [9.17, 15) is 14.4 Å². The van der Waals surface area contributed by atoms with Crippen molar-refractivity contribution >= 4 is 18.1 Å². The number of primary amides is 1. The van der Waals surface area contributed by atoms with Crippen LogP contribution in [0.2, 0.25) is 0 Å². The Balaban J connectivity index is 1.43. The summed E-state index contributed by atoms with van der Waals surface area (Å²) >= 11 is 0. The number of ether oxygens (including phenoxy) is 2. The molecule has 0 saturated heterocycles. The Labute approximate surface area is 276 Å². The minimum Gasteiger partial charge on any atom is -0.448 e. The van der Waals surface area contributed by atoms with Gasteiger partial charge in [-0.15, -0.1) is 0 Å². The van der Waals surface area contributed by atoms with E-state index in [-0.39, 0.29) is 25.5 Å². The molecule has 1 aliphatic rings. The highest BCUT2D eigenvalue weighted by Gasteiger charge is 2.37. The number of nitrogens with one attached hydrogen (secondary N) is 1.